The number of benzene rings is 1. The normalized spacial score (nSPS) is 18.8. The lowest BCUT2D eigenvalue weighted by Gasteiger charge is -2.45. The minimum Gasteiger partial charge on any atom is -0.497 e. The summed E-state index contributed by atoms with van der Waals surface area (Å²) in [5.74, 6) is 0.298. The van der Waals surface area contributed by atoms with Crippen molar-refractivity contribution in [2.45, 2.75) is 32.7 Å². The van der Waals surface area contributed by atoms with Crippen molar-refractivity contribution in [3.63, 3.8) is 0 Å². The lowest BCUT2D eigenvalue weighted by molar-refractivity contribution is -0.145. The lowest BCUT2D eigenvalue weighted by Crippen LogP contribution is -2.54. The average molecular weight is 291 g/mol. The Kier molecular flexibility index (Phi) is 5.23. The Balaban J connectivity index is 1.73. The van der Waals surface area contributed by atoms with Crippen LogP contribution in [0.5, 0.6) is 5.75 Å². The predicted octanol–water partition coefficient (Wildman–Crippen LogP) is 2.67. The van der Waals surface area contributed by atoms with Crippen LogP contribution in [-0.4, -0.2) is 42.2 Å². The van der Waals surface area contributed by atoms with Crippen molar-refractivity contribution in [3.05, 3.63) is 29.8 Å². The highest BCUT2D eigenvalue weighted by Gasteiger charge is 2.36. The Labute approximate surface area is 126 Å². The number of methoxy groups -OCH3 is 1. The summed E-state index contributed by atoms with van der Waals surface area (Å²) in [6.45, 7) is 5.87. The highest BCUT2D eigenvalue weighted by Crippen LogP contribution is 2.27. The second kappa shape index (κ2) is 6.94. The number of carboxylic acids is 1. The molecule has 1 aromatic rings. The molecule has 1 heterocycles. The zero-order valence-electron chi connectivity index (χ0n) is 13.1. The molecule has 1 saturated heterocycles. The largest absolute Gasteiger partial charge is 0.497 e. The highest BCUT2D eigenvalue weighted by molar-refractivity contribution is 5.70. The van der Waals surface area contributed by atoms with Crippen molar-refractivity contribution < 1.29 is 14.6 Å². The van der Waals surface area contributed by atoms with E-state index in [4.69, 9.17) is 9.84 Å². The third kappa shape index (κ3) is 3.97. The molecule has 21 heavy (non-hydrogen) atoms. The van der Waals surface area contributed by atoms with Crippen LogP contribution in [-0.2, 0) is 11.2 Å². The molecule has 1 aromatic carbocycles. The Morgan fingerprint density at radius 3 is 2.48 bits per heavy atom. The SMILES string of the molecule is COc1ccc(CCC(C)N2CC(C(C)C(=O)O)C2)cc1. The summed E-state index contributed by atoms with van der Waals surface area (Å²) >= 11 is 0. The number of rotatable bonds is 7. The molecule has 0 spiro atoms. The number of nitrogens with zero attached hydrogens (tertiary/aromatic N) is 1. The second-order valence-electron chi connectivity index (χ2n) is 6.08. The van der Waals surface area contributed by atoms with E-state index in [9.17, 15) is 4.79 Å². The number of hydrogen-bond donors (Lipinski definition) is 1. The van der Waals surface area contributed by atoms with Crippen LogP contribution in [0.25, 0.3) is 0 Å². The standard InChI is InChI=1S/C17H25NO3/c1-12(18-10-15(11-18)13(2)17(19)20)4-5-14-6-8-16(21-3)9-7-14/h6-9,12-13,15H,4-5,10-11H2,1-3H3,(H,19,20). The van der Waals surface area contributed by atoms with Crippen LogP contribution >= 0.6 is 0 Å². The van der Waals surface area contributed by atoms with Gasteiger partial charge >= 0.3 is 5.97 Å². The molecular formula is C17H25NO3. The minimum absolute atomic E-state index is 0.227. The van der Waals surface area contributed by atoms with Gasteiger partial charge in [0.25, 0.3) is 0 Å². The van der Waals surface area contributed by atoms with Gasteiger partial charge in [-0.05, 0) is 43.4 Å². The first-order valence-corrected chi connectivity index (χ1v) is 7.61. The number of aliphatic carboxylic acids is 1. The number of likely N-dealkylation sites (tertiary alicyclic amines) is 1. The molecule has 2 rings (SSSR count). The third-order valence-electron chi connectivity index (χ3n) is 4.67. The number of hydrogen-bond acceptors (Lipinski definition) is 3. The van der Waals surface area contributed by atoms with Crippen molar-refractivity contribution >= 4 is 5.97 Å². The monoisotopic (exact) mass is 291 g/mol. The number of carboxylic acid groups (broad SMARTS) is 1. The Morgan fingerprint density at radius 1 is 1.33 bits per heavy atom. The van der Waals surface area contributed by atoms with Crippen LogP contribution in [0.2, 0.25) is 0 Å². The molecule has 0 radical (unpaired) electrons. The smallest absolute Gasteiger partial charge is 0.306 e. The molecular weight excluding hydrogens is 266 g/mol. The number of aryl methyl sites for hydroxylation is 1. The molecule has 4 heteroatoms. The fourth-order valence-electron chi connectivity index (χ4n) is 2.78. The first kappa shape index (κ1) is 15.8. The zero-order chi connectivity index (χ0) is 15.4. The van der Waals surface area contributed by atoms with Crippen LogP contribution < -0.4 is 4.74 Å². The predicted molar refractivity (Wildman–Crippen MR) is 82.6 cm³/mol. The number of ether oxygens (including phenoxy) is 1. The summed E-state index contributed by atoms with van der Waals surface area (Å²) in [5.41, 5.74) is 1.32. The van der Waals surface area contributed by atoms with Crippen molar-refractivity contribution in [2.24, 2.45) is 11.8 Å². The van der Waals surface area contributed by atoms with Crippen LogP contribution in [0.1, 0.15) is 25.8 Å². The summed E-state index contributed by atoms with van der Waals surface area (Å²) in [5, 5.41) is 9.01. The van der Waals surface area contributed by atoms with E-state index in [-0.39, 0.29) is 5.92 Å². The maximum Gasteiger partial charge on any atom is 0.306 e. The first-order chi connectivity index (χ1) is 10.0. The van der Waals surface area contributed by atoms with Gasteiger partial charge in [0.05, 0.1) is 13.0 Å². The quantitative estimate of drug-likeness (QED) is 0.839. The van der Waals surface area contributed by atoms with E-state index in [1.54, 1.807) is 7.11 Å². The van der Waals surface area contributed by atoms with Crippen molar-refractivity contribution in [2.75, 3.05) is 20.2 Å². The molecule has 2 unspecified atom stereocenters. The lowest BCUT2D eigenvalue weighted by atomic mass is 9.85. The summed E-state index contributed by atoms with van der Waals surface area (Å²) in [7, 11) is 1.68. The maximum atomic E-state index is 10.9. The van der Waals surface area contributed by atoms with E-state index in [2.05, 4.69) is 24.0 Å². The van der Waals surface area contributed by atoms with E-state index >= 15 is 0 Å². The Hall–Kier alpha value is -1.55. The van der Waals surface area contributed by atoms with Crippen molar-refractivity contribution in [1.29, 1.82) is 0 Å². The van der Waals surface area contributed by atoms with Gasteiger partial charge < -0.3 is 9.84 Å². The minimum atomic E-state index is -0.675. The first-order valence-electron chi connectivity index (χ1n) is 7.61. The van der Waals surface area contributed by atoms with E-state index in [0.29, 0.717) is 12.0 Å². The van der Waals surface area contributed by atoms with Gasteiger partial charge in [0, 0.05) is 19.1 Å². The van der Waals surface area contributed by atoms with Gasteiger partial charge in [-0.3, -0.25) is 9.69 Å². The van der Waals surface area contributed by atoms with Gasteiger partial charge in [0.15, 0.2) is 0 Å². The second-order valence-corrected chi connectivity index (χ2v) is 6.08. The molecule has 2 atom stereocenters. The van der Waals surface area contributed by atoms with Crippen LogP contribution in [0.3, 0.4) is 0 Å². The molecule has 4 nitrogen and oxygen atoms in total. The zero-order valence-corrected chi connectivity index (χ0v) is 13.1. The van der Waals surface area contributed by atoms with Crippen LogP contribution in [0, 0.1) is 11.8 Å². The Bertz CT molecular complexity index is 465. The molecule has 1 aliphatic rings. The maximum absolute atomic E-state index is 10.9. The van der Waals surface area contributed by atoms with Crippen LogP contribution in [0.15, 0.2) is 24.3 Å². The topological polar surface area (TPSA) is 49.8 Å². The van der Waals surface area contributed by atoms with Gasteiger partial charge in [-0.15, -0.1) is 0 Å². The number of carbonyl (C=O) groups is 1. The summed E-state index contributed by atoms with van der Waals surface area (Å²) in [6, 6.07) is 8.71. The van der Waals surface area contributed by atoms with Gasteiger partial charge in [-0.2, -0.15) is 0 Å². The summed E-state index contributed by atoms with van der Waals surface area (Å²) in [4.78, 5) is 13.3. The van der Waals surface area contributed by atoms with Crippen LogP contribution in [0.4, 0.5) is 0 Å². The highest BCUT2D eigenvalue weighted by atomic mass is 16.5. The molecule has 0 amide bonds. The molecule has 116 valence electrons. The van der Waals surface area contributed by atoms with E-state index in [0.717, 1.165) is 31.7 Å². The van der Waals surface area contributed by atoms with E-state index in [1.165, 1.54) is 5.56 Å². The van der Waals surface area contributed by atoms with Gasteiger partial charge in [-0.1, -0.05) is 19.1 Å². The third-order valence-corrected chi connectivity index (χ3v) is 4.67. The van der Waals surface area contributed by atoms with Gasteiger partial charge in [0.1, 0.15) is 5.75 Å². The average Bonchev–Trinajstić information content (AvgIpc) is 2.43. The van der Waals surface area contributed by atoms with Crippen molar-refractivity contribution in [3.8, 4) is 5.75 Å². The summed E-state index contributed by atoms with van der Waals surface area (Å²) < 4.78 is 5.16. The van der Waals surface area contributed by atoms with Gasteiger partial charge in [-0.25, -0.2) is 0 Å². The van der Waals surface area contributed by atoms with E-state index < -0.39 is 5.97 Å². The molecule has 0 bridgehead atoms. The fourth-order valence-corrected chi connectivity index (χ4v) is 2.78. The molecule has 0 aromatic heterocycles. The molecule has 1 N–H and O–H groups in total. The van der Waals surface area contributed by atoms with E-state index in [1.807, 2.05) is 19.1 Å². The molecule has 1 fully saturated rings. The Morgan fingerprint density at radius 2 is 1.95 bits per heavy atom. The fraction of sp³-hybridized carbons (Fsp3) is 0.588. The molecule has 0 saturated carbocycles. The van der Waals surface area contributed by atoms with Gasteiger partial charge in [0.2, 0.25) is 0 Å². The van der Waals surface area contributed by atoms with Crippen molar-refractivity contribution in [1.82, 2.24) is 4.90 Å². The molecule has 1 aliphatic heterocycles. The summed E-state index contributed by atoms with van der Waals surface area (Å²) in [6.07, 6.45) is 2.14. The molecule has 0 aliphatic carbocycles.